The van der Waals surface area contributed by atoms with Crippen LogP contribution in [0.5, 0.6) is 5.75 Å². The van der Waals surface area contributed by atoms with Crippen LogP contribution in [0.25, 0.3) is 0 Å². The summed E-state index contributed by atoms with van der Waals surface area (Å²) in [6.07, 6.45) is 1.06. The predicted octanol–water partition coefficient (Wildman–Crippen LogP) is 4.34. The zero-order valence-corrected chi connectivity index (χ0v) is 14.3. The zero-order valence-electron chi connectivity index (χ0n) is 14.3. The molecule has 3 atom stereocenters. The highest BCUT2D eigenvalue weighted by Crippen LogP contribution is 2.45. The van der Waals surface area contributed by atoms with Gasteiger partial charge in [0.1, 0.15) is 5.75 Å². The summed E-state index contributed by atoms with van der Waals surface area (Å²) in [4.78, 5) is 2.51. The second-order valence-corrected chi connectivity index (χ2v) is 7.23. The van der Waals surface area contributed by atoms with Crippen molar-refractivity contribution in [2.45, 2.75) is 32.2 Å². The third-order valence-corrected chi connectivity index (χ3v) is 5.66. The van der Waals surface area contributed by atoms with E-state index >= 15 is 0 Å². The Bertz CT molecular complexity index is 706. The summed E-state index contributed by atoms with van der Waals surface area (Å²) in [7, 11) is 2.25. The fourth-order valence-electron chi connectivity index (χ4n) is 4.36. The molecule has 0 bridgehead atoms. The van der Waals surface area contributed by atoms with Gasteiger partial charge in [-0.2, -0.15) is 0 Å². The summed E-state index contributed by atoms with van der Waals surface area (Å²) in [5.41, 5.74) is 5.56. The number of nitrogens with zero attached hydrogens (tertiary/aromatic N) is 1. The average molecular weight is 307 g/mol. The lowest BCUT2D eigenvalue weighted by atomic mass is 9.84. The van der Waals surface area contributed by atoms with Crippen molar-refractivity contribution in [3.63, 3.8) is 0 Å². The molecule has 3 unspecified atom stereocenters. The van der Waals surface area contributed by atoms with E-state index in [1.165, 1.54) is 22.3 Å². The van der Waals surface area contributed by atoms with Crippen LogP contribution in [-0.4, -0.2) is 25.1 Å². The molecule has 2 aliphatic heterocycles. The molecular weight excluding hydrogens is 282 g/mol. The van der Waals surface area contributed by atoms with Gasteiger partial charge in [-0.3, -0.25) is 4.90 Å². The molecular formula is C21H25NO. The minimum absolute atomic E-state index is 0.495. The summed E-state index contributed by atoms with van der Waals surface area (Å²) in [6.45, 7) is 6.50. The maximum Gasteiger partial charge on any atom is 0.122 e. The van der Waals surface area contributed by atoms with Gasteiger partial charge in [0.25, 0.3) is 0 Å². The van der Waals surface area contributed by atoms with Crippen molar-refractivity contribution in [1.29, 1.82) is 0 Å². The van der Waals surface area contributed by atoms with Crippen molar-refractivity contribution in [1.82, 2.24) is 4.90 Å². The van der Waals surface area contributed by atoms with Gasteiger partial charge in [-0.25, -0.2) is 0 Å². The Morgan fingerprint density at radius 3 is 2.57 bits per heavy atom. The average Bonchev–Trinajstić information content (AvgIpc) is 3.12. The number of hydrogen-bond acceptors (Lipinski definition) is 2. The molecule has 4 rings (SSSR count). The van der Waals surface area contributed by atoms with Crippen LogP contribution in [0, 0.1) is 12.8 Å². The third kappa shape index (κ3) is 2.55. The number of benzene rings is 2. The van der Waals surface area contributed by atoms with Crippen molar-refractivity contribution in [2.24, 2.45) is 5.92 Å². The van der Waals surface area contributed by atoms with Gasteiger partial charge in [0.2, 0.25) is 0 Å². The molecule has 2 aromatic carbocycles. The van der Waals surface area contributed by atoms with E-state index in [4.69, 9.17) is 4.74 Å². The number of hydrogen-bond donors (Lipinski definition) is 0. The Balaban J connectivity index is 1.63. The minimum Gasteiger partial charge on any atom is -0.493 e. The zero-order chi connectivity index (χ0) is 16.0. The molecule has 0 amide bonds. The van der Waals surface area contributed by atoms with Gasteiger partial charge in [-0.1, -0.05) is 48.9 Å². The molecule has 2 nitrogen and oxygen atoms in total. The summed E-state index contributed by atoms with van der Waals surface area (Å²) in [5, 5.41) is 0. The van der Waals surface area contributed by atoms with E-state index in [1.54, 1.807) is 0 Å². The fraction of sp³-hybridized carbons (Fsp3) is 0.429. The topological polar surface area (TPSA) is 12.5 Å². The Morgan fingerprint density at radius 2 is 1.78 bits per heavy atom. The largest absolute Gasteiger partial charge is 0.493 e. The number of likely N-dealkylation sites (tertiary alicyclic amines) is 1. The highest BCUT2D eigenvalue weighted by molar-refractivity contribution is 5.42. The fourth-order valence-corrected chi connectivity index (χ4v) is 4.36. The van der Waals surface area contributed by atoms with Crippen LogP contribution in [-0.2, 0) is 6.42 Å². The summed E-state index contributed by atoms with van der Waals surface area (Å²) < 4.78 is 5.77. The van der Waals surface area contributed by atoms with Crippen molar-refractivity contribution >= 4 is 0 Å². The lowest BCUT2D eigenvalue weighted by Gasteiger charge is -2.24. The monoisotopic (exact) mass is 307 g/mol. The van der Waals surface area contributed by atoms with Crippen LogP contribution >= 0.6 is 0 Å². The Hall–Kier alpha value is -1.80. The number of aryl methyl sites for hydroxylation is 1. The maximum absolute atomic E-state index is 5.77. The van der Waals surface area contributed by atoms with Gasteiger partial charge in [0.15, 0.2) is 0 Å². The van der Waals surface area contributed by atoms with E-state index < -0.39 is 0 Å². The van der Waals surface area contributed by atoms with E-state index in [0.29, 0.717) is 17.9 Å². The second kappa shape index (κ2) is 5.68. The first kappa shape index (κ1) is 14.8. The Morgan fingerprint density at radius 1 is 1.04 bits per heavy atom. The number of ether oxygens (including phenoxy) is 1. The molecule has 0 N–H and O–H groups in total. The molecule has 1 saturated heterocycles. The smallest absolute Gasteiger partial charge is 0.122 e. The van der Waals surface area contributed by atoms with Crippen molar-refractivity contribution < 1.29 is 4.74 Å². The SMILES string of the molecule is Cc1ccc(C2C(C)C(c3ccc4c(c3)OCC4)CN2C)cc1. The molecule has 0 spiro atoms. The molecule has 0 saturated carbocycles. The van der Waals surface area contributed by atoms with Crippen LogP contribution < -0.4 is 4.74 Å². The lowest BCUT2D eigenvalue weighted by molar-refractivity contribution is 0.285. The van der Waals surface area contributed by atoms with Gasteiger partial charge < -0.3 is 4.74 Å². The van der Waals surface area contributed by atoms with E-state index in [-0.39, 0.29) is 0 Å². The van der Waals surface area contributed by atoms with Gasteiger partial charge in [0, 0.05) is 24.9 Å². The summed E-state index contributed by atoms with van der Waals surface area (Å²) in [6, 6.07) is 16.4. The molecule has 2 heterocycles. The first-order valence-corrected chi connectivity index (χ1v) is 8.66. The third-order valence-electron chi connectivity index (χ3n) is 5.66. The minimum atomic E-state index is 0.495. The van der Waals surface area contributed by atoms with Crippen LogP contribution in [0.4, 0.5) is 0 Å². The quantitative estimate of drug-likeness (QED) is 0.818. The van der Waals surface area contributed by atoms with Gasteiger partial charge >= 0.3 is 0 Å². The highest BCUT2D eigenvalue weighted by Gasteiger charge is 2.38. The van der Waals surface area contributed by atoms with Crippen molar-refractivity contribution in [3.05, 3.63) is 64.7 Å². The summed E-state index contributed by atoms with van der Waals surface area (Å²) in [5.74, 6) is 2.28. The summed E-state index contributed by atoms with van der Waals surface area (Å²) >= 11 is 0. The van der Waals surface area contributed by atoms with Crippen LogP contribution in [0.3, 0.4) is 0 Å². The van der Waals surface area contributed by atoms with E-state index in [2.05, 4.69) is 68.3 Å². The first-order valence-electron chi connectivity index (χ1n) is 8.66. The highest BCUT2D eigenvalue weighted by atomic mass is 16.5. The molecule has 120 valence electrons. The van der Waals surface area contributed by atoms with E-state index in [1.807, 2.05) is 0 Å². The molecule has 2 aromatic rings. The lowest BCUT2D eigenvalue weighted by Crippen LogP contribution is -2.20. The predicted molar refractivity (Wildman–Crippen MR) is 94.1 cm³/mol. The Labute approximate surface area is 139 Å². The van der Waals surface area contributed by atoms with Gasteiger partial charge in [0.05, 0.1) is 6.61 Å². The molecule has 1 fully saturated rings. The maximum atomic E-state index is 5.77. The van der Waals surface area contributed by atoms with Gasteiger partial charge in [-0.05, 0) is 42.6 Å². The molecule has 0 aromatic heterocycles. The standard InChI is InChI=1S/C21H25NO/c1-14-4-6-17(7-5-14)21-15(2)19(13-22(21)3)18-9-8-16-10-11-23-20(16)12-18/h4-9,12,15,19,21H,10-11,13H2,1-3H3. The van der Waals surface area contributed by atoms with E-state index in [9.17, 15) is 0 Å². The Kier molecular flexibility index (Phi) is 3.65. The number of rotatable bonds is 2. The van der Waals surface area contributed by atoms with Crippen molar-refractivity contribution in [2.75, 3.05) is 20.2 Å². The van der Waals surface area contributed by atoms with E-state index in [0.717, 1.165) is 25.3 Å². The van der Waals surface area contributed by atoms with Gasteiger partial charge in [-0.15, -0.1) is 0 Å². The molecule has 0 radical (unpaired) electrons. The molecule has 0 aliphatic carbocycles. The normalized spacial score (nSPS) is 27.0. The number of fused-ring (bicyclic) bond motifs is 1. The number of likely N-dealkylation sites (N-methyl/N-ethyl adjacent to an activating group) is 1. The van der Waals surface area contributed by atoms with Crippen LogP contribution in [0.2, 0.25) is 0 Å². The molecule has 2 heteroatoms. The first-order chi connectivity index (χ1) is 11.1. The van der Waals surface area contributed by atoms with Crippen LogP contribution in [0.15, 0.2) is 42.5 Å². The molecule has 23 heavy (non-hydrogen) atoms. The molecule has 2 aliphatic rings. The second-order valence-electron chi connectivity index (χ2n) is 7.23. The van der Waals surface area contributed by atoms with Crippen molar-refractivity contribution in [3.8, 4) is 5.75 Å². The van der Waals surface area contributed by atoms with Crippen LogP contribution in [0.1, 0.15) is 41.1 Å².